The largest absolute Gasteiger partial charge is 0.493 e. The van der Waals surface area contributed by atoms with Gasteiger partial charge in [0.05, 0.1) is 7.11 Å². The highest BCUT2D eigenvalue weighted by molar-refractivity contribution is 9.10. The van der Waals surface area contributed by atoms with Crippen molar-refractivity contribution in [1.29, 1.82) is 5.26 Å². The molecule has 0 radical (unpaired) electrons. The first-order valence-corrected chi connectivity index (χ1v) is 13.5. The monoisotopic (exact) mass is 581 g/mol. The minimum atomic E-state index is -0.271. The molecule has 0 aromatic heterocycles. The van der Waals surface area contributed by atoms with Crippen molar-refractivity contribution in [3.05, 3.63) is 106 Å². The lowest BCUT2D eigenvalue weighted by atomic mass is 10.1. The quantitative estimate of drug-likeness (QED) is 0.185. The van der Waals surface area contributed by atoms with E-state index >= 15 is 0 Å². The molecule has 1 heterocycles. The summed E-state index contributed by atoms with van der Waals surface area (Å²) < 4.78 is 12.4. The van der Waals surface area contributed by atoms with Crippen molar-refractivity contribution >= 4 is 44.4 Å². The molecule has 0 atom stereocenters. The lowest BCUT2D eigenvalue weighted by Gasteiger charge is -2.36. The van der Waals surface area contributed by atoms with Crippen LogP contribution in [0.5, 0.6) is 11.5 Å². The Morgan fingerprint density at radius 2 is 1.64 bits per heavy atom. The van der Waals surface area contributed by atoms with Crippen LogP contribution in [0, 0.1) is 11.3 Å². The summed E-state index contributed by atoms with van der Waals surface area (Å²) in [6.45, 7) is 2.92. The fraction of sp³-hybridized carbons (Fsp3) is 0.188. The molecule has 1 saturated heterocycles. The second kappa shape index (κ2) is 12.1. The van der Waals surface area contributed by atoms with E-state index in [-0.39, 0.29) is 11.5 Å². The van der Waals surface area contributed by atoms with Gasteiger partial charge in [-0.1, -0.05) is 70.5 Å². The Morgan fingerprint density at radius 1 is 0.923 bits per heavy atom. The lowest BCUT2D eigenvalue weighted by Crippen LogP contribution is -2.49. The van der Waals surface area contributed by atoms with Crippen LogP contribution in [0.3, 0.4) is 0 Å². The van der Waals surface area contributed by atoms with E-state index in [9.17, 15) is 10.1 Å². The van der Waals surface area contributed by atoms with Crippen molar-refractivity contribution in [2.24, 2.45) is 0 Å². The van der Waals surface area contributed by atoms with Gasteiger partial charge in [0, 0.05) is 36.3 Å². The zero-order valence-corrected chi connectivity index (χ0v) is 23.2. The highest BCUT2D eigenvalue weighted by Gasteiger charge is 2.24. The number of nitrogens with zero attached hydrogens (tertiary/aromatic N) is 3. The van der Waals surface area contributed by atoms with Gasteiger partial charge in [-0.2, -0.15) is 5.26 Å². The maximum Gasteiger partial charge on any atom is 0.264 e. The van der Waals surface area contributed by atoms with Crippen LogP contribution in [0.2, 0.25) is 0 Å². The summed E-state index contributed by atoms with van der Waals surface area (Å²) in [5.41, 5.74) is 2.92. The third kappa shape index (κ3) is 6.08. The number of halogens is 1. The van der Waals surface area contributed by atoms with Crippen LogP contribution in [0.4, 0.5) is 5.69 Å². The smallest absolute Gasteiger partial charge is 0.264 e. The molecule has 0 aliphatic carbocycles. The number of anilines is 1. The number of carbonyl (C=O) groups excluding carboxylic acids is 1. The van der Waals surface area contributed by atoms with Crippen LogP contribution in [-0.4, -0.2) is 44.1 Å². The van der Waals surface area contributed by atoms with Crippen LogP contribution >= 0.6 is 15.9 Å². The first-order valence-electron chi connectivity index (χ1n) is 12.7. The summed E-state index contributed by atoms with van der Waals surface area (Å²) in [5.74, 6) is 0.815. The van der Waals surface area contributed by atoms with Gasteiger partial charge < -0.3 is 19.3 Å². The molecule has 4 aromatic rings. The molecule has 6 nitrogen and oxygen atoms in total. The van der Waals surface area contributed by atoms with Gasteiger partial charge in [-0.05, 0) is 58.3 Å². The van der Waals surface area contributed by atoms with Crippen molar-refractivity contribution in [2.45, 2.75) is 6.61 Å². The number of methoxy groups -OCH3 is 1. The molecule has 7 heteroatoms. The number of para-hydroxylation sites is 1. The van der Waals surface area contributed by atoms with Crippen molar-refractivity contribution in [3.63, 3.8) is 0 Å². The summed E-state index contributed by atoms with van der Waals surface area (Å²) in [5, 5.41) is 12.2. The highest BCUT2D eigenvalue weighted by Crippen LogP contribution is 2.35. The fourth-order valence-electron chi connectivity index (χ4n) is 4.70. The van der Waals surface area contributed by atoms with Crippen molar-refractivity contribution in [2.75, 3.05) is 38.2 Å². The minimum absolute atomic E-state index is 0.0794. The van der Waals surface area contributed by atoms with E-state index in [0.717, 1.165) is 29.7 Å². The zero-order valence-electron chi connectivity index (χ0n) is 21.6. The Labute approximate surface area is 236 Å². The Hall–Kier alpha value is -4.28. The molecule has 0 unspecified atom stereocenters. The summed E-state index contributed by atoms with van der Waals surface area (Å²) in [7, 11) is 1.57. The maximum absolute atomic E-state index is 13.2. The molecular weight excluding hydrogens is 554 g/mol. The van der Waals surface area contributed by atoms with Crippen LogP contribution in [0.15, 0.2) is 95.0 Å². The molecule has 1 fully saturated rings. The van der Waals surface area contributed by atoms with Gasteiger partial charge in [0.15, 0.2) is 11.5 Å². The van der Waals surface area contributed by atoms with Gasteiger partial charge in [0.2, 0.25) is 0 Å². The van der Waals surface area contributed by atoms with E-state index in [2.05, 4.69) is 63.3 Å². The highest BCUT2D eigenvalue weighted by atomic mass is 79.9. The molecule has 4 aromatic carbocycles. The van der Waals surface area contributed by atoms with Crippen LogP contribution < -0.4 is 14.4 Å². The number of rotatable bonds is 7. The van der Waals surface area contributed by atoms with Gasteiger partial charge in [-0.3, -0.25) is 4.79 Å². The number of ether oxygens (including phenoxy) is 2. The van der Waals surface area contributed by atoms with Crippen LogP contribution in [0.25, 0.3) is 16.8 Å². The molecular formula is C32H28BrN3O3. The molecule has 0 bridgehead atoms. The Balaban J connectivity index is 1.29. The molecule has 1 amide bonds. The fourth-order valence-corrected chi connectivity index (χ4v) is 5.13. The molecule has 0 spiro atoms. The third-order valence-corrected chi connectivity index (χ3v) is 7.52. The summed E-state index contributed by atoms with van der Waals surface area (Å²) in [6.07, 6.45) is 1.60. The van der Waals surface area contributed by atoms with E-state index in [4.69, 9.17) is 9.47 Å². The lowest BCUT2D eigenvalue weighted by molar-refractivity contribution is -0.126. The van der Waals surface area contributed by atoms with E-state index in [1.807, 2.05) is 42.5 Å². The van der Waals surface area contributed by atoms with Gasteiger partial charge in [-0.15, -0.1) is 0 Å². The minimum Gasteiger partial charge on any atom is -0.493 e. The topological polar surface area (TPSA) is 65.8 Å². The Bertz CT molecular complexity index is 1550. The van der Waals surface area contributed by atoms with Crippen molar-refractivity contribution < 1.29 is 14.3 Å². The number of fused-ring (bicyclic) bond motifs is 1. The summed E-state index contributed by atoms with van der Waals surface area (Å²) >= 11 is 3.58. The number of piperazine rings is 1. The molecule has 1 aliphatic rings. The second-order valence-corrected chi connectivity index (χ2v) is 10.1. The number of carbonyl (C=O) groups is 1. The predicted octanol–water partition coefficient (Wildman–Crippen LogP) is 6.45. The van der Waals surface area contributed by atoms with Gasteiger partial charge in [0.1, 0.15) is 18.2 Å². The van der Waals surface area contributed by atoms with Gasteiger partial charge in [-0.25, -0.2) is 0 Å². The number of hydrogen-bond donors (Lipinski definition) is 0. The van der Waals surface area contributed by atoms with Crippen LogP contribution in [-0.2, 0) is 11.4 Å². The number of nitriles is 1. The van der Waals surface area contributed by atoms with Crippen molar-refractivity contribution in [1.82, 2.24) is 4.90 Å². The number of benzene rings is 4. The summed E-state index contributed by atoms with van der Waals surface area (Å²) in [4.78, 5) is 17.2. The molecule has 39 heavy (non-hydrogen) atoms. The number of hydrogen-bond acceptors (Lipinski definition) is 5. The average Bonchev–Trinajstić information content (AvgIpc) is 2.99. The van der Waals surface area contributed by atoms with Crippen LogP contribution in [0.1, 0.15) is 11.1 Å². The van der Waals surface area contributed by atoms with E-state index in [1.165, 1.54) is 5.39 Å². The molecule has 0 N–H and O–H groups in total. The van der Waals surface area contributed by atoms with E-state index < -0.39 is 0 Å². The first-order chi connectivity index (χ1) is 19.1. The maximum atomic E-state index is 13.2. The normalized spacial score (nSPS) is 13.7. The Morgan fingerprint density at radius 3 is 2.36 bits per heavy atom. The van der Waals surface area contributed by atoms with Gasteiger partial charge >= 0.3 is 0 Å². The summed E-state index contributed by atoms with van der Waals surface area (Å²) in [6, 6.07) is 30.3. The SMILES string of the molecule is COc1cc(/C=C(/C#N)C(=O)N2CCN(c3ccccc3)CC2)c(Br)cc1OCc1ccc2ccccc2c1. The molecule has 0 saturated carbocycles. The first kappa shape index (κ1) is 26.3. The van der Waals surface area contributed by atoms with Gasteiger partial charge in [0.25, 0.3) is 5.91 Å². The molecule has 1 aliphatic heterocycles. The van der Waals surface area contributed by atoms with E-state index in [0.29, 0.717) is 41.2 Å². The zero-order chi connectivity index (χ0) is 27.2. The predicted molar refractivity (Wildman–Crippen MR) is 158 cm³/mol. The molecule has 196 valence electrons. The number of amides is 1. The molecule has 5 rings (SSSR count). The van der Waals surface area contributed by atoms with E-state index in [1.54, 1.807) is 24.2 Å². The van der Waals surface area contributed by atoms with Crippen molar-refractivity contribution in [3.8, 4) is 17.6 Å². The second-order valence-electron chi connectivity index (χ2n) is 9.28. The standard InChI is InChI=1S/C32H28BrN3O3/c1-38-30-19-26(29(33)20-31(30)39-22-23-11-12-24-7-5-6-8-25(24)17-23)18-27(21-34)32(37)36-15-13-35(14-16-36)28-9-3-2-4-10-28/h2-12,17-20H,13-16,22H2,1H3/b27-18-. The Kier molecular flexibility index (Phi) is 8.14. The third-order valence-electron chi connectivity index (χ3n) is 6.83. The average molecular weight is 582 g/mol.